The Bertz CT molecular complexity index is 448. The first-order valence-corrected chi connectivity index (χ1v) is 5.18. The molecule has 4 nitrogen and oxygen atoms in total. The first-order valence-electron chi connectivity index (χ1n) is 4.77. The van der Waals surface area contributed by atoms with E-state index in [9.17, 15) is 4.79 Å². The summed E-state index contributed by atoms with van der Waals surface area (Å²) in [6.07, 6.45) is 0.886. The molecule has 0 saturated heterocycles. The molecule has 1 aromatic rings. The van der Waals surface area contributed by atoms with Gasteiger partial charge in [-0.05, 0) is 18.8 Å². The van der Waals surface area contributed by atoms with Crippen LogP contribution in [0, 0.1) is 4.77 Å². The van der Waals surface area contributed by atoms with Gasteiger partial charge in [0.15, 0.2) is 4.77 Å². The number of aromatic nitrogens is 2. The molecule has 2 heterocycles. The average Bonchev–Trinajstić information content (AvgIpc) is 2.17. The molecule has 1 aliphatic heterocycles. The van der Waals surface area contributed by atoms with Gasteiger partial charge in [-0.2, -0.15) is 0 Å². The third kappa shape index (κ3) is 1.65. The van der Waals surface area contributed by atoms with Crippen LogP contribution in [0.5, 0.6) is 0 Å². The second-order valence-corrected chi connectivity index (χ2v) is 3.89. The van der Waals surface area contributed by atoms with Crippen LogP contribution in [0.4, 0.5) is 0 Å². The summed E-state index contributed by atoms with van der Waals surface area (Å²) in [5.74, 6) is 0. The van der Waals surface area contributed by atoms with Gasteiger partial charge in [-0.3, -0.25) is 14.7 Å². The van der Waals surface area contributed by atoms with Crippen molar-refractivity contribution < 1.29 is 0 Å². The number of aromatic amines is 2. The Hall–Kier alpha value is -0.940. The molecule has 0 saturated carbocycles. The van der Waals surface area contributed by atoms with Crippen LogP contribution in [0.25, 0.3) is 0 Å². The second-order valence-electron chi connectivity index (χ2n) is 3.48. The molecule has 0 bridgehead atoms. The van der Waals surface area contributed by atoms with E-state index in [1.54, 1.807) is 0 Å². The normalized spacial score (nSPS) is 16.6. The molecule has 0 aromatic carbocycles. The fraction of sp³-hybridized carbons (Fsp3) is 0.556. The molecular weight excluding hydrogens is 198 g/mol. The monoisotopic (exact) mass is 211 g/mol. The van der Waals surface area contributed by atoms with Crippen LogP contribution in [0.1, 0.15) is 18.2 Å². The van der Waals surface area contributed by atoms with Crippen LogP contribution in [0.3, 0.4) is 0 Å². The SMILES string of the molecule is CCN1CCc2[nH]c(=S)[nH]c(=O)c2C1. The number of fused-ring (bicyclic) bond motifs is 1. The molecule has 14 heavy (non-hydrogen) atoms. The molecule has 0 atom stereocenters. The molecule has 1 aromatic heterocycles. The largest absolute Gasteiger partial charge is 0.335 e. The highest BCUT2D eigenvalue weighted by atomic mass is 32.1. The molecule has 5 heteroatoms. The maximum absolute atomic E-state index is 11.6. The molecule has 0 aliphatic carbocycles. The van der Waals surface area contributed by atoms with Crippen molar-refractivity contribution in [1.29, 1.82) is 0 Å². The van der Waals surface area contributed by atoms with E-state index in [0.29, 0.717) is 4.77 Å². The summed E-state index contributed by atoms with van der Waals surface area (Å²) in [5, 5.41) is 0. The van der Waals surface area contributed by atoms with Gasteiger partial charge < -0.3 is 4.98 Å². The average molecular weight is 211 g/mol. The van der Waals surface area contributed by atoms with Crippen LogP contribution in [-0.2, 0) is 13.0 Å². The van der Waals surface area contributed by atoms with Gasteiger partial charge in [0.25, 0.3) is 5.56 Å². The van der Waals surface area contributed by atoms with Gasteiger partial charge >= 0.3 is 0 Å². The molecule has 2 N–H and O–H groups in total. The van der Waals surface area contributed by atoms with Crippen molar-refractivity contribution in [3.63, 3.8) is 0 Å². The highest BCUT2D eigenvalue weighted by Gasteiger charge is 2.17. The Morgan fingerprint density at radius 1 is 1.50 bits per heavy atom. The number of nitrogens with one attached hydrogen (secondary N) is 2. The predicted octanol–water partition coefficient (Wildman–Crippen LogP) is 0.810. The van der Waals surface area contributed by atoms with Crippen molar-refractivity contribution in [1.82, 2.24) is 14.9 Å². The minimum atomic E-state index is -0.0399. The van der Waals surface area contributed by atoms with Crippen molar-refractivity contribution in [2.24, 2.45) is 0 Å². The summed E-state index contributed by atoms with van der Waals surface area (Å²) in [6, 6.07) is 0. The Labute approximate surface area is 87.0 Å². The summed E-state index contributed by atoms with van der Waals surface area (Å²) in [7, 11) is 0. The Morgan fingerprint density at radius 3 is 3.00 bits per heavy atom. The van der Waals surface area contributed by atoms with E-state index in [0.717, 1.165) is 37.3 Å². The summed E-state index contributed by atoms with van der Waals surface area (Å²) in [6.45, 7) is 4.81. The maximum Gasteiger partial charge on any atom is 0.256 e. The van der Waals surface area contributed by atoms with E-state index in [2.05, 4.69) is 21.8 Å². The van der Waals surface area contributed by atoms with Crippen LogP contribution >= 0.6 is 12.2 Å². The molecule has 0 fully saturated rings. The summed E-state index contributed by atoms with van der Waals surface area (Å²) in [5.41, 5.74) is 1.80. The van der Waals surface area contributed by atoms with Crippen LogP contribution in [-0.4, -0.2) is 28.0 Å². The van der Waals surface area contributed by atoms with E-state index in [-0.39, 0.29) is 5.56 Å². The molecule has 0 radical (unpaired) electrons. The minimum absolute atomic E-state index is 0.0399. The van der Waals surface area contributed by atoms with Gasteiger partial charge in [-0.25, -0.2) is 0 Å². The summed E-state index contributed by atoms with van der Waals surface area (Å²) in [4.78, 5) is 19.5. The van der Waals surface area contributed by atoms with Gasteiger partial charge in [0.2, 0.25) is 0 Å². The minimum Gasteiger partial charge on any atom is -0.335 e. The molecule has 2 rings (SSSR count). The topological polar surface area (TPSA) is 51.9 Å². The van der Waals surface area contributed by atoms with Gasteiger partial charge in [0.05, 0.1) is 5.56 Å². The lowest BCUT2D eigenvalue weighted by molar-refractivity contribution is 0.263. The van der Waals surface area contributed by atoms with Gasteiger partial charge in [0, 0.05) is 25.2 Å². The molecule has 1 aliphatic rings. The van der Waals surface area contributed by atoms with Crippen molar-refractivity contribution in [2.45, 2.75) is 19.9 Å². The van der Waals surface area contributed by atoms with E-state index in [4.69, 9.17) is 12.2 Å². The molecule has 0 spiro atoms. The lowest BCUT2D eigenvalue weighted by Gasteiger charge is -2.26. The summed E-state index contributed by atoms with van der Waals surface area (Å²) >= 11 is 4.92. The fourth-order valence-corrected chi connectivity index (χ4v) is 2.00. The van der Waals surface area contributed by atoms with Crippen LogP contribution in [0.2, 0.25) is 0 Å². The number of H-pyrrole nitrogens is 2. The van der Waals surface area contributed by atoms with Gasteiger partial charge in [-0.15, -0.1) is 0 Å². The quantitative estimate of drug-likeness (QED) is 0.676. The zero-order valence-corrected chi connectivity index (χ0v) is 8.91. The van der Waals surface area contributed by atoms with Crippen molar-refractivity contribution in [2.75, 3.05) is 13.1 Å². The van der Waals surface area contributed by atoms with Crippen molar-refractivity contribution in [3.05, 3.63) is 26.4 Å². The van der Waals surface area contributed by atoms with Crippen LogP contribution in [0.15, 0.2) is 4.79 Å². The van der Waals surface area contributed by atoms with Crippen molar-refractivity contribution in [3.8, 4) is 0 Å². The Balaban J connectivity index is 2.47. The third-order valence-electron chi connectivity index (χ3n) is 2.64. The Morgan fingerprint density at radius 2 is 2.29 bits per heavy atom. The second kappa shape index (κ2) is 3.67. The fourth-order valence-electron chi connectivity index (χ4n) is 1.78. The first-order chi connectivity index (χ1) is 6.70. The molecular formula is C9H13N3OS. The molecule has 0 amide bonds. The third-order valence-corrected chi connectivity index (χ3v) is 2.84. The maximum atomic E-state index is 11.6. The number of nitrogens with zero attached hydrogens (tertiary/aromatic N) is 1. The Kier molecular flexibility index (Phi) is 2.52. The smallest absolute Gasteiger partial charge is 0.256 e. The lowest BCUT2D eigenvalue weighted by atomic mass is 10.1. The van der Waals surface area contributed by atoms with Gasteiger partial charge in [-0.1, -0.05) is 6.92 Å². The van der Waals surface area contributed by atoms with Crippen LogP contribution < -0.4 is 5.56 Å². The molecule has 76 valence electrons. The highest BCUT2D eigenvalue weighted by Crippen LogP contribution is 2.11. The van der Waals surface area contributed by atoms with E-state index in [1.807, 2.05) is 0 Å². The molecule has 0 unspecified atom stereocenters. The zero-order valence-electron chi connectivity index (χ0n) is 8.09. The highest BCUT2D eigenvalue weighted by molar-refractivity contribution is 7.71. The number of rotatable bonds is 1. The summed E-state index contributed by atoms with van der Waals surface area (Å²) < 4.78 is 0.429. The lowest BCUT2D eigenvalue weighted by Crippen LogP contribution is -2.35. The van der Waals surface area contributed by atoms with Crippen molar-refractivity contribution >= 4 is 12.2 Å². The van der Waals surface area contributed by atoms with E-state index in [1.165, 1.54) is 0 Å². The number of likely N-dealkylation sites (N-methyl/N-ethyl adjacent to an activating group) is 1. The number of hydrogen-bond acceptors (Lipinski definition) is 3. The van der Waals surface area contributed by atoms with Gasteiger partial charge in [0.1, 0.15) is 0 Å². The van der Waals surface area contributed by atoms with E-state index < -0.39 is 0 Å². The number of hydrogen-bond donors (Lipinski definition) is 2. The standard InChI is InChI=1S/C9H13N3OS/c1-2-12-4-3-7-6(5-12)8(13)11-9(14)10-7/h2-5H2,1H3,(H2,10,11,13,14). The van der Waals surface area contributed by atoms with E-state index >= 15 is 0 Å². The first kappa shape index (κ1) is 9.61. The zero-order chi connectivity index (χ0) is 10.1. The predicted molar refractivity (Wildman–Crippen MR) is 56.9 cm³/mol.